The molecule has 0 aliphatic rings. The molecule has 4 rings (SSSR count). The van der Waals surface area contributed by atoms with E-state index in [0.717, 1.165) is 16.9 Å². The second kappa shape index (κ2) is 7.65. The zero-order chi connectivity index (χ0) is 21.4. The van der Waals surface area contributed by atoms with E-state index in [-0.39, 0.29) is 17.8 Å². The number of halogens is 2. The lowest BCUT2D eigenvalue weighted by Crippen LogP contribution is -2.20. The van der Waals surface area contributed by atoms with Crippen LogP contribution in [0.5, 0.6) is 0 Å². The first-order chi connectivity index (χ1) is 14.3. The lowest BCUT2D eigenvalue weighted by molar-refractivity contribution is 0.0559. The van der Waals surface area contributed by atoms with Gasteiger partial charge in [0.05, 0.1) is 23.4 Å². The summed E-state index contributed by atoms with van der Waals surface area (Å²) >= 11 is 0. The molecule has 0 fully saturated rings. The van der Waals surface area contributed by atoms with Crippen molar-refractivity contribution < 1.29 is 8.78 Å². The van der Waals surface area contributed by atoms with Crippen LogP contribution in [0.2, 0.25) is 0 Å². The molecular formula is C19H21F2N9. The maximum atomic E-state index is 12.9. The second-order valence-corrected chi connectivity index (χ2v) is 7.22. The molecule has 1 atom stereocenters. The Morgan fingerprint density at radius 2 is 1.90 bits per heavy atom. The standard InChI is InChI=1S/C19H21F2N9/c1-10(2)15(14-6-7-30(28-14)17(20)21)24-19-26-16(25-18(22)27-19)12-4-5-13-8-23-11(3)29(13)9-12/h4-10,15,17H,1-3H3,(H3,22,24,25,26,27)/t15-/m0/s1. The van der Waals surface area contributed by atoms with Crippen molar-refractivity contribution in [3.8, 4) is 11.4 Å². The van der Waals surface area contributed by atoms with Crippen molar-refractivity contribution in [3.63, 3.8) is 0 Å². The molecule has 3 N–H and O–H groups in total. The fourth-order valence-electron chi connectivity index (χ4n) is 3.19. The predicted molar refractivity (Wildman–Crippen MR) is 108 cm³/mol. The van der Waals surface area contributed by atoms with Crippen molar-refractivity contribution in [1.29, 1.82) is 0 Å². The molecule has 0 amide bonds. The number of alkyl halides is 2. The molecule has 0 radical (unpaired) electrons. The lowest BCUT2D eigenvalue weighted by atomic mass is 10.0. The summed E-state index contributed by atoms with van der Waals surface area (Å²) in [4.78, 5) is 17.2. The molecule has 0 aliphatic heterocycles. The highest BCUT2D eigenvalue weighted by Gasteiger charge is 2.22. The van der Waals surface area contributed by atoms with Gasteiger partial charge in [0.2, 0.25) is 11.9 Å². The van der Waals surface area contributed by atoms with Crippen LogP contribution in [0.3, 0.4) is 0 Å². The number of imidazole rings is 1. The molecule has 156 valence electrons. The van der Waals surface area contributed by atoms with Crippen molar-refractivity contribution in [2.75, 3.05) is 11.1 Å². The summed E-state index contributed by atoms with van der Waals surface area (Å²) in [5.41, 5.74) is 8.06. The zero-order valence-electron chi connectivity index (χ0n) is 16.7. The van der Waals surface area contributed by atoms with Crippen LogP contribution in [-0.4, -0.2) is 34.1 Å². The number of hydrogen-bond acceptors (Lipinski definition) is 7. The van der Waals surface area contributed by atoms with E-state index in [1.165, 1.54) is 6.20 Å². The van der Waals surface area contributed by atoms with Crippen LogP contribution in [0.25, 0.3) is 16.9 Å². The second-order valence-electron chi connectivity index (χ2n) is 7.22. The Labute approximate surface area is 171 Å². The van der Waals surface area contributed by atoms with Gasteiger partial charge in [-0.2, -0.15) is 28.8 Å². The van der Waals surface area contributed by atoms with Gasteiger partial charge in [0.25, 0.3) is 0 Å². The van der Waals surface area contributed by atoms with E-state index in [2.05, 4.69) is 30.4 Å². The third kappa shape index (κ3) is 3.78. The van der Waals surface area contributed by atoms with Crippen molar-refractivity contribution >= 4 is 17.4 Å². The molecule has 0 unspecified atom stereocenters. The summed E-state index contributed by atoms with van der Waals surface area (Å²) < 4.78 is 28.4. The first-order valence-corrected chi connectivity index (χ1v) is 9.37. The minimum absolute atomic E-state index is 0.0254. The molecule has 0 spiro atoms. The smallest absolute Gasteiger partial charge is 0.333 e. The number of anilines is 2. The number of aromatic nitrogens is 7. The van der Waals surface area contributed by atoms with E-state index in [0.29, 0.717) is 16.2 Å². The number of hydrogen-bond donors (Lipinski definition) is 2. The van der Waals surface area contributed by atoms with E-state index in [4.69, 9.17) is 5.73 Å². The third-order valence-corrected chi connectivity index (χ3v) is 4.72. The number of pyridine rings is 1. The summed E-state index contributed by atoms with van der Waals surface area (Å²) in [6.45, 7) is 3.09. The molecular weight excluding hydrogens is 392 g/mol. The highest BCUT2D eigenvalue weighted by molar-refractivity contribution is 5.61. The number of aryl methyl sites for hydroxylation is 1. The van der Waals surface area contributed by atoms with Crippen LogP contribution in [0.4, 0.5) is 20.7 Å². The van der Waals surface area contributed by atoms with Gasteiger partial charge in [-0.05, 0) is 31.0 Å². The molecule has 0 aliphatic carbocycles. The first-order valence-electron chi connectivity index (χ1n) is 9.37. The average molecular weight is 413 g/mol. The van der Waals surface area contributed by atoms with Crippen LogP contribution in [0.15, 0.2) is 36.8 Å². The predicted octanol–water partition coefficient (Wildman–Crippen LogP) is 3.48. The molecule has 9 nitrogen and oxygen atoms in total. The Bertz CT molecular complexity index is 1180. The van der Waals surface area contributed by atoms with Crippen LogP contribution in [-0.2, 0) is 0 Å². The molecule has 0 saturated heterocycles. The molecule has 11 heteroatoms. The first kappa shape index (κ1) is 19.7. The Hall–Kier alpha value is -3.63. The minimum atomic E-state index is -2.70. The maximum absolute atomic E-state index is 12.9. The maximum Gasteiger partial charge on any atom is 0.333 e. The SMILES string of the molecule is Cc1ncc2ccc(-c3nc(N)nc(N[C@H](c4ccn(C(F)F)n4)C(C)C)n3)cn12. The van der Waals surface area contributed by atoms with Crippen molar-refractivity contribution in [3.05, 3.63) is 48.3 Å². The van der Waals surface area contributed by atoms with Crippen molar-refractivity contribution in [2.45, 2.75) is 33.4 Å². The topological polar surface area (TPSA) is 112 Å². The summed E-state index contributed by atoms with van der Waals surface area (Å²) in [7, 11) is 0. The Morgan fingerprint density at radius 3 is 2.60 bits per heavy atom. The summed E-state index contributed by atoms with van der Waals surface area (Å²) in [5, 5.41) is 7.12. The average Bonchev–Trinajstić information content (AvgIpc) is 3.33. The monoisotopic (exact) mass is 413 g/mol. The largest absolute Gasteiger partial charge is 0.368 e. The normalized spacial score (nSPS) is 12.8. The zero-order valence-corrected chi connectivity index (χ0v) is 16.7. The van der Waals surface area contributed by atoms with Crippen molar-refractivity contribution in [2.24, 2.45) is 5.92 Å². The third-order valence-electron chi connectivity index (χ3n) is 4.72. The Kier molecular flexibility index (Phi) is 5.02. The number of nitrogens with zero attached hydrogens (tertiary/aromatic N) is 7. The highest BCUT2D eigenvalue weighted by atomic mass is 19.3. The number of nitrogen functional groups attached to an aromatic ring is 1. The van der Waals surface area contributed by atoms with Gasteiger partial charge in [-0.1, -0.05) is 13.8 Å². The molecule has 4 aromatic rings. The van der Waals surface area contributed by atoms with Gasteiger partial charge in [-0.3, -0.25) is 0 Å². The van der Waals surface area contributed by atoms with Gasteiger partial charge in [-0.25, -0.2) is 9.67 Å². The Balaban J connectivity index is 1.68. The minimum Gasteiger partial charge on any atom is -0.368 e. The number of nitrogens with two attached hydrogens (primary N) is 1. The van der Waals surface area contributed by atoms with Crippen LogP contribution >= 0.6 is 0 Å². The highest BCUT2D eigenvalue weighted by Crippen LogP contribution is 2.26. The van der Waals surface area contributed by atoms with Crippen LogP contribution in [0, 0.1) is 12.8 Å². The summed E-state index contributed by atoms with van der Waals surface area (Å²) in [5.74, 6) is 1.54. The van der Waals surface area contributed by atoms with E-state index in [1.54, 1.807) is 12.3 Å². The molecule has 4 aromatic heterocycles. The molecule has 30 heavy (non-hydrogen) atoms. The van der Waals surface area contributed by atoms with Gasteiger partial charge < -0.3 is 15.5 Å². The van der Waals surface area contributed by atoms with E-state index < -0.39 is 12.6 Å². The molecule has 0 bridgehead atoms. The quantitative estimate of drug-likeness (QED) is 0.498. The molecule has 0 aromatic carbocycles. The van der Waals surface area contributed by atoms with Gasteiger partial charge in [0.1, 0.15) is 5.82 Å². The van der Waals surface area contributed by atoms with E-state index in [9.17, 15) is 8.78 Å². The number of nitrogens with one attached hydrogen (secondary N) is 1. The Morgan fingerprint density at radius 1 is 1.10 bits per heavy atom. The molecule has 0 saturated carbocycles. The van der Waals surface area contributed by atoms with Gasteiger partial charge >= 0.3 is 6.55 Å². The van der Waals surface area contributed by atoms with E-state index >= 15 is 0 Å². The van der Waals surface area contributed by atoms with Crippen molar-refractivity contribution in [1.82, 2.24) is 34.1 Å². The summed E-state index contributed by atoms with van der Waals surface area (Å²) in [6.07, 6.45) is 4.90. The lowest BCUT2D eigenvalue weighted by Gasteiger charge is -2.20. The summed E-state index contributed by atoms with van der Waals surface area (Å²) in [6, 6.07) is 4.94. The van der Waals surface area contributed by atoms with Crippen LogP contribution in [0.1, 0.15) is 38.0 Å². The van der Waals surface area contributed by atoms with Gasteiger partial charge in [-0.15, -0.1) is 0 Å². The van der Waals surface area contributed by atoms with Gasteiger partial charge in [0.15, 0.2) is 5.82 Å². The fourth-order valence-corrected chi connectivity index (χ4v) is 3.19. The van der Waals surface area contributed by atoms with Gasteiger partial charge in [0, 0.05) is 18.0 Å². The number of fused-ring (bicyclic) bond motifs is 1. The number of rotatable bonds is 6. The van der Waals surface area contributed by atoms with E-state index in [1.807, 2.05) is 43.5 Å². The molecule has 4 heterocycles. The van der Waals surface area contributed by atoms with Crippen LogP contribution < -0.4 is 11.1 Å². The fraction of sp³-hybridized carbons (Fsp3) is 0.316.